The van der Waals surface area contributed by atoms with Crippen molar-refractivity contribution in [2.45, 2.75) is 32.6 Å². The van der Waals surface area contributed by atoms with E-state index in [0.29, 0.717) is 5.75 Å². The summed E-state index contributed by atoms with van der Waals surface area (Å²) >= 11 is 1.49. The standard InChI is InChI=1S/C23H25N3OS/c1-16-10-11-21(12-17(16)2)26-18(3)13-20(19(26)4)14-24-25-23(27)15-28-22-8-6-5-7-9-22/h5-14H,15H2,1-4H3,(H,25,27)/b24-14+. The fraction of sp³-hybridized carbons (Fsp3) is 0.217. The maximum Gasteiger partial charge on any atom is 0.250 e. The Morgan fingerprint density at radius 3 is 2.50 bits per heavy atom. The number of amides is 1. The normalized spacial score (nSPS) is 11.1. The predicted molar refractivity (Wildman–Crippen MR) is 118 cm³/mol. The van der Waals surface area contributed by atoms with Gasteiger partial charge in [-0.15, -0.1) is 11.8 Å². The van der Waals surface area contributed by atoms with Crippen molar-refractivity contribution in [1.29, 1.82) is 0 Å². The highest BCUT2D eigenvalue weighted by Crippen LogP contribution is 2.22. The molecule has 1 aromatic heterocycles. The number of rotatable bonds is 6. The van der Waals surface area contributed by atoms with Crippen LogP contribution in [-0.4, -0.2) is 22.4 Å². The maximum atomic E-state index is 12.0. The summed E-state index contributed by atoms with van der Waals surface area (Å²) in [6.45, 7) is 8.38. The summed E-state index contributed by atoms with van der Waals surface area (Å²) in [4.78, 5) is 13.1. The maximum absolute atomic E-state index is 12.0. The van der Waals surface area contributed by atoms with Crippen LogP contribution in [0.4, 0.5) is 0 Å². The van der Waals surface area contributed by atoms with Crippen molar-refractivity contribution < 1.29 is 4.79 Å². The molecule has 1 N–H and O–H groups in total. The SMILES string of the molecule is Cc1ccc(-n2c(C)cc(/C=N/NC(=O)CSc3ccccc3)c2C)cc1C. The lowest BCUT2D eigenvalue weighted by Gasteiger charge is -2.11. The molecule has 1 amide bonds. The van der Waals surface area contributed by atoms with Gasteiger partial charge in [0.15, 0.2) is 0 Å². The summed E-state index contributed by atoms with van der Waals surface area (Å²) in [5.41, 5.74) is 9.52. The van der Waals surface area contributed by atoms with Crippen LogP contribution in [0.15, 0.2) is 64.6 Å². The van der Waals surface area contributed by atoms with Crippen LogP contribution in [0.3, 0.4) is 0 Å². The van der Waals surface area contributed by atoms with E-state index in [1.54, 1.807) is 6.21 Å². The lowest BCUT2D eigenvalue weighted by Crippen LogP contribution is -2.19. The number of hydrogen-bond acceptors (Lipinski definition) is 3. The molecule has 0 unspecified atom stereocenters. The molecule has 0 atom stereocenters. The smallest absolute Gasteiger partial charge is 0.250 e. The van der Waals surface area contributed by atoms with Gasteiger partial charge in [-0.2, -0.15) is 5.10 Å². The fourth-order valence-electron chi connectivity index (χ4n) is 3.05. The van der Waals surface area contributed by atoms with Crippen LogP contribution < -0.4 is 5.43 Å². The zero-order valence-corrected chi connectivity index (χ0v) is 17.5. The molecule has 3 aromatic rings. The van der Waals surface area contributed by atoms with Gasteiger partial charge in [-0.3, -0.25) is 4.79 Å². The highest BCUT2D eigenvalue weighted by Gasteiger charge is 2.10. The quantitative estimate of drug-likeness (QED) is 0.367. The molecular formula is C23H25N3OS. The molecule has 0 saturated heterocycles. The largest absolute Gasteiger partial charge is 0.318 e. The Morgan fingerprint density at radius 1 is 1.04 bits per heavy atom. The summed E-state index contributed by atoms with van der Waals surface area (Å²) in [7, 11) is 0. The van der Waals surface area contributed by atoms with E-state index >= 15 is 0 Å². The van der Waals surface area contributed by atoms with Crippen molar-refractivity contribution >= 4 is 23.9 Å². The third-order valence-electron chi connectivity index (χ3n) is 4.72. The third-order valence-corrected chi connectivity index (χ3v) is 5.74. The Balaban J connectivity index is 1.66. The number of nitrogens with zero attached hydrogens (tertiary/aromatic N) is 2. The van der Waals surface area contributed by atoms with Gasteiger partial charge in [-0.05, 0) is 69.2 Å². The van der Waals surface area contributed by atoms with E-state index in [1.165, 1.54) is 22.9 Å². The van der Waals surface area contributed by atoms with Crippen LogP contribution in [0.25, 0.3) is 5.69 Å². The zero-order chi connectivity index (χ0) is 20.1. The number of aryl methyl sites for hydroxylation is 3. The number of carbonyl (C=O) groups is 1. The Bertz CT molecular complexity index is 1010. The van der Waals surface area contributed by atoms with Gasteiger partial charge < -0.3 is 4.57 Å². The van der Waals surface area contributed by atoms with Crippen molar-refractivity contribution in [2.75, 3.05) is 5.75 Å². The number of hydrazone groups is 1. The molecule has 0 aliphatic heterocycles. The van der Waals surface area contributed by atoms with Gasteiger partial charge in [0.05, 0.1) is 12.0 Å². The minimum Gasteiger partial charge on any atom is -0.318 e. The third kappa shape index (κ3) is 4.73. The van der Waals surface area contributed by atoms with E-state index in [9.17, 15) is 4.79 Å². The number of nitrogens with one attached hydrogen (secondary N) is 1. The summed E-state index contributed by atoms with van der Waals surface area (Å²) < 4.78 is 2.21. The van der Waals surface area contributed by atoms with Crippen LogP contribution in [-0.2, 0) is 4.79 Å². The van der Waals surface area contributed by atoms with Gasteiger partial charge in [-0.25, -0.2) is 5.43 Å². The first-order chi connectivity index (χ1) is 13.5. The lowest BCUT2D eigenvalue weighted by molar-refractivity contribution is -0.118. The molecule has 4 nitrogen and oxygen atoms in total. The summed E-state index contributed by atoms with van der Waals surface area (Å²) in [6.07, 6.45) is 1.71. The number of hydrogen-bond donors (Lipinski definition) is 1. The fourth-order valence-corrected chi connectivity index (χ4v) is 3.76. The van der Waals surface area contributed by atoms with Gasteiger partial charge in [0.2, 0.25) is 5.91 Å². The highest BCUT2D eigenvalue weighted by atomic mass is 32.2. The molecule has 5 heteroatoms. The summed E-state index contributed by atoms with van der Waals surface area (Å²) in [5.74, 6) is 0.219. The van der Waals surface area contributed by atoms with Crippen molar-refractivity contribution in [1.82, 2.24) is 9.99 Å². The summed E-state index contributed by atoms with van der Waals surface area (Å²) in [6, 6.07) is 18.4. The molecule has 3 rings (SSSR count). The topological polar surface area (TPSA) is 46.4 Å². The average molecular weight is 392 g/mol. The van der Waals surface area contributed by atoms with Gasteiger partial charge in [-0.1, -0.05) is 24.3 Å². The Kier molecular flexibility index (Phi) is 6.37. The molecule has 2 aromatic carbocycles. The zero-order valence-electron chi connectivity index (χ0n) is 16.7. The first kappa shape index (κ1) is 20.0. The second-order valence-electron chi connectivity index (χ2n) is 6.83. The van der Waals surface area contributed by atoms with Crippen LogP contribution in [0, 0.1) is 27.7 Å². The molecule has 0 aliphatic rings. The van der Waals surface area contributed by atoms with Gasteiger partial charge in [0.1, 0.15) is 0 Å². The number of benzene rings is 2. The van der Waals surface area contributed by atoms with E-state index in [-0.39, 0.29) is 5.91 Å². The van der Waals surface area contributed by atoms with Crippen molar-refractivity contribution in [3.63, 3.8) is 0 Å². The Hall–Kier alpha value is -2.79. The minimum absolute atomic E-state index is 0.118. The Morgan fingerprint density at radius 2 is 1.79 bits per heavy atom. The molecular weight excluding hydrogens is 366 g/mol. The summed E-state index contributed by atoms with van der Waals surface area (Å²) in [5, 5.41) is 4.14. The molecule has 0 spiro atoms. The number of carbonyl (C=O) groups excluding carboxylic acids is 1. The molecule has 0 radical (unpaired) electrons. The molecule has 0 fully saturated rings. The molecule has 1 heterocycles. The molecule has 144 valence electrons. The van der Waals surface area contributed by atoms with Crippen LogP contribution in [0.5, 0.6) is 0 Å². The van der Waals surface area contributed by atoms with E-state index < -0.39 is 0 Å². The molecule has 0 bridgehead atoms. The van der Waals surface area contributed by atoms with E-state index in [0.717, 1.165) is 27.5 Å². The van der Waals surface area contributed by atoms with E-state index in [1.807, 2.05) is 30.3 Å². The molecule has 0 aliphatic carbocycles. The second kappa shape index (κ2) is 8.93. The first-order valence-corrected chi connectivity index (χ1v) is 10.2. The molecule has 0 saturated carbocycles. The monoisotopic (exact) mass is 391 g/mol. The lowest BCUT2D eigenvalue weighted by atomic mass is 10.1. The minimum atomic E-state index is -0.118. The predicted octanol–water partition coefficient (Wildman–Crippen LogP) is 4.95. The molecule has 28 heavy (non-hydrogen) atoms. The average Bonchev–Trinajstić information content (AvgIpc) is 2.97. The van der Waals surface area contributed by atoms with E-state index in [4.69, 9.17) is 0 Å². The van der Waals surface area contributed by atoms with Crippen LogP contribution in [0.1, 0.15) is 28.1 Å². The first-order valence-electron chi connectivity index (χ1n) is 9.22. The van der Waals surface area contributed by atoms with Crippen molar-refractivity contribution in [3.8, 4) is 5.69 Å². The van der Waals surface area contributed by atoms with Gasteiger partial charge in [0.25, 0.3) is 0 Å². The van der Waals surface area contributed by atoms with Crippen molar-refractivity contribution in [3.05, 3.63) is 82.7 Å². The number of aromatic nitrogens is 1. The van der Waals surface area contributed by atoms with Crippen molar-refractivity contribution in [2.24, 2.45) is 5.10 Å². The Labute approximate surface area is 170 Å². The van der Waals surface area contributed by atoms with Crippen LogP contribution in [0.2, 0.25) is 0 Å². The highest BCUT2D eigenvalue weighted by molar-refractivity contribution is 8.00. The van der Waals surface area contributed by atoms with E-state index in [2.05, 4.69) is 67.1 Å². The number of thioether (sulfide) groups is 1. The second-order valence-corrected chi connectivity index (χ2v) is 7.87. The van der Waals surface area contributed by atoms with Gasteiger partial charge >= 0.3 is 0 Å². The van der Waals surface area contributed by atoms with Crippen LogP contribution >= 0.6 is 11.8 Å². The van der Waals surface area contributed by atoms with Gasteiger partial charge in [0, 0.05) is 27.5 Å².